The van der Waals surface area contributed by atoms with Crippen LogP contribution in [0.3, 0.4) is 0 Å². The highest BCUT2D eigenvalue weighted by molar-refractivity contribution is 5.56. The minimum absolute atomic E-state index is 0.373. The molecular formula is C15H24N4O. The third kappa shape index (κ3) is 3.45. The zero-order chi connectivity index (χ0) is 15.2. The van der Waals surface area contributed by atoms with Gasteiger partial charge in [-0.1, -0.05) is 27.7 Å². The molecule has 0 saturated heterocycles. The molecule has 1 rings (SSSR count). The van der Waals surface area contributed by atoms with Crippen LogP contribution >= 0.6 is 0 Å². The molecule has 0 unspecified atom stereocenters. The van der Waals surface area contributed by atoms with E-state index in [0.29, 0.717) is 30.8 Å². The van der Waals surface area contributed by atoms with Crippen LogP contribution < -0.4 is 5.32 Å². The van der Waals surface area contributed by atoms with Crippen molar-refractivity contribution in [2.75, 3.05) is 11.9 Å². The summed E-state index contributed by atoms with van der Waals surface area (Å²) in [7, 11) is 0. The van der Waals surface area contributed by atoms with E-state index in [0.717, 1.165) is 24.1 Å². The monoisotopic (exact) mass is 276 g/mol. The summed E-state index contributed by atoms with van der Waals surface area (Å²) >= 11 is 0. The Kier molecular flexibility index (Phi) is 5.90. The first-order valence-electron chi connectivity index (χ1n) is 7.29. The van der Waals surface area contributed by atoms with E-state index in [9.17, 15) is 10.4 Å². The normalized spacial score (nSPS) is 11.2. The lowest BCUT2D eigenvalue weighted by molar-refractivity contribution is 0.0456. The lowest BCUT2D eigenvalue weighted by Gasteiger charge is -2.26. The van der Waals surface area contributed by atoms with Gasteiger partial charge >= 0.3 is 0 Å². The fourth-order valence-corrected chi connectivity index (χ4v) is 2.17. The Bertz CT molecular complexity index is 489. The largest absolute Gasteiger partial charge is 0.388 e. The van der Waals surface area contributed by atoms with E-state index in [1.165, 1.54) is 0 Å². The summed E-state index contributed by atoms with van der Waals surface area (Å²) in [5.74, 6) is 0.474. The zero-order valence-corrected chi connectivity index (χ0v) is 12.8. The van der Waals surface area contributed by atoms with Gasteiger partial charge in [0, 0.05) is 6.54 Å². The van der Waals surface area contributed by atoms with E-state index < -0.39 is 5.60 Å². The van der Waals surface area contributed by atoms with Crippen molar-refractivity contribution in [3.8, 4) is 6.07 Å². The Morgan fingerprint density at radius 3 is 2.25 bits per heavy atom. The highest BCUT2D eigenvalue weighted by atomic mass is 16.3. The van der Waals surface area contributed by atoms with Gasteiger partial charge in [0.2, 0.25) is 0 Å². The summed E-state index contributed by atoms with van der Waals surface area (Å²) in [4.78, 5) is 0. The van der Waals surface area contributed by atoms with Gasteiger partial charge in [-0.05, 0) is 31.2 Å². The number of hydrogen-bond acceptors (Lipinski definition) is 5. The fourth-order valence-electron chi connectivity index (χ4n) is 2.17. The van der Waals surface area contributed by atoms with E-state index in [-0.39, 0.29) is 0 Å². The number of aliphatic hydroxyl groups is 1. The maximum atomic E-state index is 10.3. The van der Waals surface area contributed by atoms with Crippen LogP contribution in [0, 0.1) is 11.3 Å². The number of rotatable bonds is 7. The molecule has 0 saturated carbocycles. The number of anilines is 1. The molecule has 1 aromatic rings. The number of nitrogens with zero attached hydrogens (tertiary/aromatic N) is 3. The van der Waals surface area contributed by atoms with Gasteiger partial charge in [-0.15, -0.1) is 5.10 Å². The van der Waals surface area contributed by atoms with Gasteiger partial charge < -0.3 is 10.4 Å². The fraction of sp³-hybridized carbons (Fsp3) is 0.667. The van der Waals surface area contributed by atoms with E-state index in [1.54, 1.807) is 0 Å². The van der Waals surface area contributed by atoms with Crippen molar-refractivity contribution in [1.29, 1.82) is 5.26 Å². The second-order valence-corrected chi connectivity index (χ2v) is 4.95. The highest BCUT2D eigenvalue weighted by Gasteiger charge is 2.23. The van der Waals surface area contributed by atoms with Crippen molar-refractivity contribution in [3.05, 3.63) is 16.8 Å². The van der Waals surface area contributed by atoms with Gasteiger partial charge in [-0.2, -0.15) is 10.4 Å². The smallest absolute Gasteiger partial charge is 0.167 e. The van der Waals surface area contributed by atoms with Crippen molar-refractivity contribution in [3.63, 3.8) is 0 Å². The highest BCUT2D eigenvalue weighted by Crippen LogP contribution is 2.22. The maximum Gasteiger partial charge on any atom is 0.167 e. The summed E-state index contributed by atoms with van der Waals surface area (Å²) in [6.07, 6.45) is 2.82. The molecule has 0 fully saturated rings. The zero-order valence-electron chi connectivity index (χ0n) is 12.8. The van der Waals surface area contributed by atoms with Crippen LogP contribution in [-0.4, -0.2) is 27.4 Å². The van der Waals surface area contributed by atoms with Crippen LogP contribution in [0.4, 0.5) is 5.82 Å². The van der Waals surface area contributed by atoms with E-state index in [2.05, 4.69) is 21.6 Å². The summed E-state index contributed by atoms with van der Waals surface area (Å²) in [6, 6.07) is 2.22. The van der Waals surface area contributed by atoms with Crippen molar-refractivity contribution in [2.45, 2.75) is 59.0 Å². The molecule has 0 atom stereocenters. The summed E-state index contributed by atoms with van der Waals surface area (Å²) in [5.41, 5.74) is 1.60. The predicted octanol–water partition coefficient (Wildman–Crippen LogP) is 2.44. The van der Waals surface area contributed by atoms with Crippen molar-refractivity contribution < 1.29 is 5.11 Å². The van der Waals surface area contributed by atoms with Gasteiger partial charge in [0.1, 0.15) is 11.6 Å². The third-order valence-corrected chi connectivity index (χ3v) is 3.86. The second kappa shape index (κ2) is 7.20. The molecule has 5 nitrogen and oxygen atoms in total. The van der Waals surface area contributed by atoms with E-state index in [1.807, 2.05) is 27.7 Å². The molecule has 110 valence electrons. The minimum Gasteiger partial charge on any atom is -0.388 e. The van der Waals surface area contributed by atoms with E-state index in [4.69, 9.17) is 0 Å². The van der Waals surface area contributed by atoms with Gasteiger partial charge in [-0.25, -0.2) is 0 Å². The Labute approximate surface area is 121 Å². The SMILES string of the molecule is CCc1nnc(NCC(O)(CC)CC)c(C#N)c1CC. The predicted molar refractivity (Wildman–Crippen MR) is 79.5 cm³/mol. The van der Waals surface area contributed by atoms with Crippen LogP contribution in [0.25, 0.3) is 0 Å². The minimum atomic E-state index is -0.774. The van der Waals surface area contributed by atoms with Gasteiger partial charge in [0.15, 0.2) is 5.82 Å². The number of nitriles is 1. The van der Waals surface area contributed by atoms with Crippen LogP contribution in [0.15, 0.2) is 0 Å². The number of aromatic nitrogens is 2. The molecule has 0 aliphatic carbocycles. The average Bonchev–Trinajstić information content (AvgIpc) is 2.51. The van der Waals surface area contributed by atoms with Gasteiger partial charge in [0.25, 0.3) is 0 Å². The lowest BCUT2D eigenvalue weighted by atomic mass is 9.97. The standard InChI is InChI=1S/C15H24N4O/c1-5-11-12(9-16)14(19-18-13(11)6-2)17-10-15(20,7-3)8-4/h20H,5-8,10H2,1-4H3,(H,17,19). The Morgan fingerprint density at radius 1 is 1.15 bits per heavy atom. The first kappa shape index (κ1) is 16.4. The molecule has 0 aliphatic rings. The Hall–Kier alpha value is -1.67. The van der Waals surface area contributed by atoms with Crippen LogP contribution in [0.2, 0.25) is 0 Å². The van der Waals surface area contributed by atoms with Crippen LogP contribution in [-0.2, 0) is 12.8 Å². The molecule has 0 aliphatic heterocycles. The molecule has 0 amide bonds. The van der Waals surface area contributed by atoms with Crippen molar-refractivity contribution in [2.24, 2.45) is 0 Å². The summed E-state index contributed by atoms with van der Waals surface area (Å²) in [6.45, 7) is 8.27. The summed E-state index contributed by atoms with van der Waals surface area (Å²) in [5, 5.41) is 31.0. The lowest BCUT2D eigenvalue weighted by Crippen LogP contribution is -2.36. The Balaban J connectivity index is 3.05. The van der Waals surface area contributed by atoms with Crippen molar-refractivity contribution >= 4 is 5.82 Å². The van der Waals surface area contributed by atoms with Crippen LogP contribution in [0.1, 0.15) is 57.4 Å². The van der Waals surface area contributed by atoms with Crippen LogP contribution in [0.5, 0.6) is 0 Å². The second-order valence-electron chi connectivity index (χ2n) is 4.95. The first-order chi connectivity index (χ1) is 9.55. The average molecular weight is 276 g/mol. The molecule has 1 aromatic heterocycles. The van der Waals surface area contributed by atoms with Crippen molar-refractivity contribution in [1.82, 2.24) is 10.2 Å². The molecule has 0 radical (unpaired) electrons. The Morgan fingerprint density at radius 2 is 1.80 bits per heavy atom. The van der Waals surface area contributed by atoms with Gasteiger partial charge in [0.05, 0.1) is 11.3 Å². The molecule has 0 bridgehead atoms. The number of aryl methyl sites for hydroxylation is 1. The first-order valence-corrected chi connectivity index (χ1v) is 7.29. The summed E-state index contributed by atoms with van der Waals surface area (Å²) < 4.78 is 0. The molecular weight excluding hydrogens is 252 g/mol. The molecule has 20 heavy (non-hydrogen) atoms. The molecule has 0 spiro atoms. The number of nitrogens with one attached hydrogen (secondary N) is 1. The van der Waals surface area contributed by atoms with Gasteiger partial charge in [-0.3, -0.25) is 0 Å². The topological polar surface area (TPSA) is 81.8 Å². The quantitative estimate of drug-likeness (QED) is 0.799. The molecule has 2 N–H and O–H groups in total. The molecule has 1 heterocycles. The third-order valence-electron chi connectivity index (χ3n) is 3.86. The molecule has 0 aromatic carbocycles. The number of hydrogen-bond donors (Lipinski definition) is 2. The maximum absolute atomic E-state index is 10.3. The van der Waals surface area contributed by atoms with E-state index >= 15 is 0 Å². The molecule has 5 heteroatoms.